The largest absolute Gasteiger partial charge is 0.252 e. The predicted molar refractivity (Wildman–Crippen MR) is 190 cm³/mol. The minimum Gasteiger partial charge on any atom is -0.252 e. The fourth-order valence-electron chi connectivity index (χ4n) is 7.26. The second kappa shape index (κ2) is 9.62. The fourth-order valence-corrected chi connectivity index (χ4v) is 7.26. The van der Waals surface area contributed by atoms with Crippen LogP contribution in [0.1, 0.15) is 0 Å². The first-order valence-electron chi connectivity index (χ1n) is 15.5. The molecule has 46 heavy (non-hydrogen) atoms. The maximum Gasteiger partial charge on any atom is 0.109 e. The van der Waals surface area contributed by atoms with Gasteiger partial charge in [-0.3, -0.25) is 19.9 Å². The first-order valence-corrected chi connectivity index (χ1v) is 15.5. The van der Waals surface area contributed by atoms with E-state index in [4.69, 9.17) is 9.97 Å². The van der Waals surface area contributed by atoms with Crippen LogP contribution in [0.3, 0.4) is 0 Å². The highest BCUT2D eigenvalue weighted by molar-refractivity contribution is 6.37. The molecule has 2 heterocycles. The van der Waals surface area contributed by atoms with Crippen molar-refractivity contribution in [2.75, 3.05) is 0 Å². The van der Waals surface area contributed by atoms with E-state index < -0.39 is 0 Å². The number of nitrogens with zero attached hydrogens (tertiary/aromatic N) is 4. The first kappa shape index (κ1) is 25.1. The summed E-state index contributed by atoms with van der Waals surface area (Å²) in [4.78, 5) is 19.0. The quantitative estimate of drug-likeness (QED) is 0.194. The maximum atomic E-state index is 4.90. The van der Waals surface area contributed by atoms with Crippen LogP contribution in [0.15, 0.2) is 146 Å². The molecular formula is C42H24N4. The van der Waals surface area contributed by atoms with Crippen molar-refractivity contribution in [3.63, 3.8) is 0 Å². The lowest BCUT2D eigenvalue weighted by atomic mass is 9.87. The van der Waals surface area contributed by atoms with E-state index in [1.165, 1.54) is 64.6 Å². The Hall–Kier alpha value is -6.26. The second-order valence-electron chi connectivity index (χ2n) is 11.9. The van der Waals surface area contributed by atoms with Gasteiger partial charge < -0.3 is 0 Å². The molecule has 0 saturated heterocycles. The number of benzene rings is 7. The zero-order chi connectivity index (χ0) is 30.2. The molecule has 0 radical (unpaired) electrons. The van der Waals surface area contributed by atoms with E-state index in [-0.39, 0.29) is 0 Å². The third-order valence-corrected chi connectivity index (χ3v) is 9.36. The molecule has 10 rings (SSSR count). The van der Waals surface area contributed by atoms with E-state index in [0.717, 1.165) is 22.5 Å². The number of rotatable bonds is 3. The van der Waals surface area contributed by atoms with Crippen LogP contribution in [0.2, 0.25) is 0 Å². The Bertz CT molecular complexity index is 2760. The first-order chi connectivity index (χ1) is 22.8. The van der Waals surface area contributed by atoms with Gasteiger partial charge in [0.2, 0.25) is 0 Å². The third kappa shape index (κ3) is 3.67. The Labute approximate surface area is 264 Å². The van der Waals surface area contributed by atoms with E-state index in [1.807, 2.05) is 36.5 Å². The summed E-state index contributed by atoms with van der Waals surface area (Å²) in [6.45, 7) is 0. The van der Waals surface area contributed by atoms with E-state index in [1.54, 1.807) is 18.6 Å². The van der Waals surface area contributed by atoms with Crippen LogP contribution in [0, 0.1) is 0 Å². The average Bonchev–Trinajstić information content (AvgIpc) is 3.13. The van der Waals surface area contributed by atoms with Gasteiger partial charge in [0.25, 0.3) is 0 Å². The number of hydrogen-bond acceptors (Lipinski definition) is 4. The highest BCUT2D eigenvalue weighted by Crippen LogP contribution is 2.44. The van der Waals surface area contributed by atoms with Crippen LogP contribution in [0.4, 0.5) is 0 Å². The molecule has 4 heteroatoms. The SMILES string of the molecule is c1ccc(-c2cnc(-c3cnc(-c4cc5ccc6cccc7c8cccc9ccc%10cccc(c(c4)c5c67)c%10c98)cn3)cn2)cc1. The fraction of sp³-hybridized carbons (Fsp3) is 0. The smallest absolute Gasteiger partial charge is 0.109 e. The molecule has 0 amide bonds. The predicted octanol–water partition coefficient (Wildman–Crippen LogP) is 10.6. The lowest BCUT2D eigenvalue weighted by Gasteiger charge is -2.16. The normalized spacial score (nSPS) is 11.9. The summed E-state index contributed by atoms with van der Waals surface area (Å²) < 4.78 is 0. The summed E-state index contributed by atoms with van der Waals surface area (Å²) in [5, 5.41) is 15.1. The van der Waals surface area contributed by atoms with Crippen LogP contribution in [0.25, 0.3) is 98.5 Å². The molecule has 0 aliphatic rings. The third-order valence-electron chi connectivity index (χ3n) is 9.36. The van der Waals surface area contributed by atoms with Crippen molar-refractivity contribution in [3.05, 3.63) is 146 Å². The number of fused-ring (bicyclic) bond motifs is 2. The molecule has 4 nitrogen and oxygen atoms in total. The standard InChI is InChI=1S/C42H24N4/c1-2-7-25(8-3-1)35-21-45-37(23-43-35)38-24-44-36(22-46-38)30-19-29-18-17-28-10-5-13-32-31-12-4-9-26-15-16-27-11-6-14-33(41(27)39(26)31)34(20-30)42(29)40(28)32/h1-24H. The Balaban J connectivity index is 1.21. The van der Waals surface area contributed by atoms with Crippen molar-refractivity contribution in [1.29, 1.82) is 0 Å². The Morgan fingerprint density at radius 3 is 1.24 bits per heavy atom. The minimum absolute atomic E-state index is 0.690. The molecule has 0 unspecified atom stereocenters. The summed E-state index contributed by atoms with van der Waals surface area (Å²) >= 11 is 0. The zero-order valence-electron chi connectivity index (χ0n) is 24.6. The minimum atomic E-state index is 0.690. The summed E-state index contributed by atoms with van der Waals surface area (Å²) in [5.41, 5.74) is 5.09. The van der Waals surface area contributed by atoms with Gasteiger partial charge >= 0.3 is 0 Å². The topological polar surface area (TPSA) is 51.6 Å². The van der Waals surface area contributed by atoms with Crippen LogP contribution in [-0.2, 0) is 0 Å². The molecule has 0 N–H and O–H groups in total. The molecule has 0 atom stereocenters. The zero-order valence-corrected chi connectivity index (χ0v) is 24.6. The average molecular weight is 585 g/mol. The summed E-state index contributed by atoms with van der Waals surface area (Å²) in [7, 11) is 0. The number of hydrogen-bond donors (Lipinski definition) is 0. The van der Waals surface area contributed by atoms with Gasteiger partial charge in [-0.25, -0.2) is 0 Å². The molecule has 8 aromatic carbocycles. The van der Waals surface area contributed by atoms with Gasteiger partial charge in [0.1, 0.15) is 11.4 Å². The van der Waals surface area contributed by atoms with Gasteiger partial charge in [0.15, 0.2) is 0 Å². The molecule has 2 aromatic heterocycles. The molecule has 212 valence electrons. The maximum absolute atomic E-state index is 4.90. The van der Waals surface area contributed by atoms with Crippen LogP contribution >= 0.6 is 0 Å². The van der Waals surface area contributed by atoms with Crippen LogP contribution < -0.4 is 0 Å². The Kier molecular flexibility index (Phi) is 5.25. The van der Waals surface area contributed by atoms with Crippen molar-refractivity contribution in [3.8, 4) is 33.9 Å². The summed E-state index contributed by atoms with van der Waals surface area (Å²) in [6, 6.07) is 43.7. The van der Waals surface area contributed by atoms with Gasteiger partial charge in [-0.15, -0.1) is 0 Å². The van der Waals surface area contributed by atoms with Crippen LogP contribution in [0.5, 0.6) is 0 Å². The Morgan fingerprint density at radius 1 is 0.283 bits per heavy atom. The van der Waals surface area contributed by atoms with Crippen molar-refractivity contribution >= 4 is 64.6 Å². The van der Waals surface area contributed by atoms with Crippen LogP contribution in [-0.4, -0.2) is 19.9 Å². The van der Waals surface area contributed by atoms with Crippen molar-refractivity contribution in [2.45, 2.75) is 0 Å². The van der Waals surface area contributed by atoms with Gasteiger partial charge in [-0.2, -0.15) is 0 Å². The van der Waals surface area contributed by atoms with Gasteiger partial charge in [0, 0.05) is 11.1 Å². The summed E-state index contributed by atoms with van der Waals surface area (Å²) in [5.74, 6) is 0. The molecule has 0 fully saturated rings. The highest BCUT2D eigenvalue weighted by Gasteiger charge is 2.16. The van der Waals surface area contributed by atoms with E-state index in [2.05, 4.69) is 101 Å². The Morgan fingerprint density at radius 2 is 0.717 bits per heavy atom. The molecule has 10 aromatic rings. The summed E-state index contributed by atoms with van der Waals surface area (Å²) in [6.07, 6.45) is 7.20. The van der Waals surface area contributed by atoms with Gasteiger partial charge in [0.05, 0.1) is 36.2 Å². The molecule has 0 aliphatic heterocycles. The molecular weight excluding hydrogens is 560 g/mol. The van der Waals surface area contributed by atoms with Crippen molar-refractivity contribution in [1.82, 2.24) is 19.9 Å². The molecule has 0 saturated carbocycles. The van der Waals surface area contributed by atoms with Gasteiger partial charge in [-0.1, -0.05) is 109 Å². The van der Waals surface area contributed by atoms with Gasteiger partial charge in [-0.05, 0) is 76.8 Å². The van der Waals surface area contributed by atoms with E-state index in [0.29, 0.717) is 11.4 Å². The van der Waals surface area contributed by atoms with E-state index >= 15 is 0 Å². The lowest BCUT2D eigenvalue weighted by molar-refractivity contribution is 1.15. The molecule has 0 bridgehead atoms. The monoisotopic (exact) mass is 584 g/mol. The lowest BCUT2D eigenvalue weighted by Crippen LogP contribution is -1.94. The number of aromatic nitrogens is 4. The second-order valence-corrected chi connectivity index (χ2v) is 11.9. The molecule has 0 aliphatic carbocycles. The highest BCUT2D eigenvalue weighted by atomic mass is 14.9. The van der Waals surface area contributed by atoms with E-state index in [9.17, 15) is 0 Å². The van der Waals surface area contributed by atoms with Crippen molar-refractivity contribution in [2.24, 2.45) is 0 Å². The van der Waals surface area contributed by atoms with Crippen molar-refractivity contribution < 1.29 is 0 Å². The molecule has 0 spiro atoms.